The van der Waals surface area contributed by atoms with Crippen molar-refractivity contribution in [1.82, 2.24) is 4.90 Å². The molecule has 1 unspecified atom stereocenters. The van der Waals surface area contributed by atoms with Gasteiger partial charge >= 0.3 is 6.18 Å². The molecule has 1 heterocycles. The maximum Gasteiger partial charge on any atom is 0.416 e. The van der Waals surface area contributed by atoms with Crippen molar-refractivity contribution in [3.8, 4) is 0 Å². The number of piperidine rings is 1. The lowest BCUT2D eigenvalue weighted by molar-refractivity contribution is -0.138. The van der Waals surface area contributed by atoms with Crippen LogP contribution in [-0.4, -0.2) is 30.0 Å². The standard InChI is InChI=1S/C27H27Cl2F3N4/c1-2-12-35-22(9-13-34-17-19-6-4-8-21(28)24(19)29)36-14-10-26(11-15-36)16-18-5-3-7-20(27(30,31)32)23(18)25(26)33/h2-9,12-13,17,25H,10-11,14-16,33H2,1H3/b12-2-,13-9+,34-17?,35-22+. The summed E-state index contributed by atoms with van der Waals surface area (Å²) in [5.74, 6) is 0.720. The van der Waals surface area contributed by atoms with Crippen LogP contribution in [-0.2, 0) is 12.6 Å². The predicted molar refractivity (Wildman–Crippen MR) is 141 cm³/mol. The summed E-state index contributed by atoms with van der Waals surface area (Å²) in [5.41, 5.74) is 7.19. The number of fused-ring (bicyclic) bond motifs is 1. The van der Waals surface area contributed by atoms with E-state index in [9.17, 15) is 13.2 Å². The number of allylic oxidation sites excluding steroid dienone is 1. The Kier molecular flexibility index (Phi) is 7.93. The lowest BCUT2D eigenvalue weighted by Crippen LogP contribution is -2.46. The van der Waals surface area contributed by atoms with Crippen LogP contribution in [0.5, 0.6) is 0 Å². The third-order valence-corrected chi connectivity index (χ3v) is 7.79. The van der Waals surface area contributed by atoms with Crippen molar-refractivity contribution < 1.29 is 13.2 Å². The van der Waals surface area contributed by atoms with Gasteiger partial charge in [-0.15, -0.1) is 0 Å². The number of aliphatic imine (C=N–C) groups is 2. The minimum absolute atomic E-state index is 0.259. The average molecular weight is 535 g/mol. The summed E-state index contributed by atoms with van der Waals surface area (Å²) in [7, 11) is 0. The summed E-state index contributed by atoms with van der Waals surface area (Å²) >= 11 is 12.3. The van der Waals surface area contributed by atoms with Gasteiger partial charge in [-0.1, -0.05) is 53.5 Å². The van der Waals surface area contributed by atoms with E-state index < -0.39 is 23.2 Å². The molecule has 2 aliphatic rings. The molecule has 2 aromatic rings. The molecular formula is C27H27Cl2F3N4. The van der Waals surface area contributed by atoms with Crippen LogP contribution in [0.1, 0.15) is 48.1 Å². The first-order chi connectivity index (χ1) is 17.2. The molecule has 0 amide bonds. The van der Waals surface area contributed by atoms with Crippen LogP contribution in [0.2, 0.25) is 10.0 Å². The van der Waals surface area contributed by atoms with Gasteiger partial charge in [-0.3, -0.25) is 4.99 Å². The molecule has 1 atom stereocenters. The largest absolute Gasteiger partial charge is 0.416 e. The van der Waals surface area contributed by atoms with Gasteiger partial charge in [0.05, 0.1) is 15.6 Å². The van der Waals surface area contributed by atoms with Crippen molar-refractivity contribution in [1.29, 1.82) is 0 Å². The fourth-order valence-corrected chi connectivity index (χ4v) is 5.44. The van der Waals surface area contributed by atoms with E-state index in [1.165, 1.54) is 6.07 Å². The Bertz CT molecular complexity index is 1230. The van der Waals surface area contributed by atoms with Crippen LogP contribution in [0.15, 0.2) is 70.9 Å². The van der Waals surface area contributed by atoms with E-state index in [0.717, 1.165) is 11.9 Å². The van der Waals surface area contributed by atoms with E-state index in [0.29, 0.717) is 53.5 Å². The number of alkyl halides is 3. The Morgan fingerprint density at radius 2 is 1.83 bits per heavy atom. The first-order valence-corrected chi connectivity index (χ1v) is 12.4. The molecule has 36 heavy (non-hydrogen) atoms. The molecule has 1 spiro atoms. The van der Waals surface area contributed by atoms with Gasteiger partial charge in [0.2, 0.25) is 0 Å². The number of rotatable bonds is 4. The minimum atomic E-state index is -4.41. The van der Waals surface area contributed by atoms with Crippen molar-refractivity contribution in [2.24, 2.45) is 21.1 Å². The first-order valence-electron chi connectivity index (χ1n) is 11.7. The molecule has 1 aliphatic carbocycles. The molecular weight excluding hydrogens is 508 g/mol. The highest BCUT2D eigenvalue weighted by molar-refractivity contribution is 6.43. The fourth-order valence-electron chi connectivity index (χ4n) is 5.08. The van der Waals surface area contributed by atoms with Crippen molar-refractivity contribution in [2.75, 3.05) is 13.1 Å². The Morgan fingerprint density at radius 1 is 1.11 bits per heavy atom. The first kappa shape index (κ1) is 26.5. The number of hydrogen-bond donors (Lipinski definition) is 1. The second kappa shape index (κ2) is 10.8. The molecule has 4 rings (SSSR count). The Morgan fingerprint density at radius 3 is 2.53 bits per heavy atom. The molecule has 0 aromatic heterocycles. The van der Waals surface area contributed by atoms with Gasteiger partial charge in [-0.25, -0.2) is 4.99 Å². The van der Waals surface area contributed by atoms with E-state index in [4.69, 9.17) is 28.9 Å². The second-order valence-electron chi connectivity index (χ2n) is 9.09. The second-order valence-corrected chi connectivity index (χ2v) is 9.87. The van der Waals surface area contributed by atoms with Crippen molar-refractivity contribution >= 4 is 35.3 Å². The maximum atomic E-state index is 13.6. The summed E-state index contributed by atoms with van der Waals surface area (Å²) in [6.45, 7) is 3.14. The van der Waals surface area contributed by atoms with E-state index in [2.05, 4.69) is 14.9 Å². The number of halogens is 5. The number of amidine groups is 1. The van der Waals surface area contributed by atoms with Crippen LogP contribution in [0.4, 0.5) is 13.2 Å². The zero-order valence-electron chi connectivity index (χ0n) is 19.8. The predicted octanol–water partition coefficient (Wildman–Crippen LogP) is 7.22. The smallest absolute Gasteiger partial charge is 0.357 e. The summed E-state index contributed by atoms with van der Waals surface area (Å²) in [6, 6.07) is 9.06. The van der Waals surface area contributed by atoms with Crippen LogP contribution >= 0.6 is 23.2 Å². The topological polar surface area (TPSA) is 54.0 Å². The monoisotopic (exact) mass is 534 g/mol. The van der Waals surface area contributed by atoms with Gasteiger partial charge in [-0.2, -0.15) is 13.2 Å². The van der Waals surface area contributed by atoms with E-state index in [1.54, 1.807) is 42.9 Å². The lowest BCUT2D eigenvalue weighted by Gasteiger charge is -2.43. The van der Waals surface area contributed by atoms with Crippen molar-refractivity contribution in [2.45, 2.75) is 38.4 Å². The van der Waals surface area contributed by atoms with Gasteiger partial charge in [0, 0.05) is 43.3 Å². The molecule has 9 heteroatoms. The SMILES string of the molecule is C\C=C/N=C(\C=C\N=Cc1cccc(Cl)c1Cl)N1CCC2(CC1)Cc1cccc(C(F)(F)F)c1C2N. The van der Waals surface area contributed by atoms with E-state index in [1.807, 2.05) is 19.1 Å². The molecule has 4 nitrogen and oxygen atoms in total. The average Bonchev–Trinajstić information content (AvgIpc) is 3.12. The third kappa shape index (κ3) is 5.38. The van der Waals surface area contributed by atoms with Gasteiger partial charge < -0.3 is 10.6 Å². The summed E-state index contributed by atoms with van der Waals surface area (Å²) < 4.78 is 40.9. The highest BCUT2D eigenvalue weighted by Crippen LogP contribution is 2.53. The fraction of sp³-hybridized carbons (Fsp3) is 0.333. The molecule has 1 fully saturated rings. The van der Waals surface area contributed by atoms with Gasteiger partial charge in [0.15, 0.2) is 0 Å². The van der Waals surface area contributed by atoms with Crippen LogP contribution in [0, 0.1) is 5.41 Å². The Labute approximate surface area is 219 Å². The minimum Gasteiger partial charge on any atom is -0.357 e. The summed E-state index contributed by atoms with van der Waals surface area (Å²) in [6.07, 6.45) is 6.08. The normalized spacial score (nSPS) is 20.4. The highest BCUT2D eigenvalue weighted by atomic mass is 35.5. The van der Waals surface area contributed by atoms with Gasteiger partial charge in [-0.05, 0) is 60.9 Å². The number of hydrogen-bond acceptors (Lipinski definition) is 3. The molecule has 1 saturated heterocycles. The van der Waals surface area contributed by atoms with Gasteiger partial charge in [0.1, 0.15) is 5.84 Å². The molecule has 2 aromatic carbocycles. The quantitative estimate of drug-likeness (QED) is 0.332. The van der Waals surface area contributed by atoms with E-state index >= 15 is 0 Å². The van der Waals surface area contributed by atoms with Crippen LogP contribution in [0.3, 0.4) is 0 Å². The van der Waals surface area contributed by atoms with Crippen LogP contribution in [0.25, 0.3) is 0 Å². The number of nitrogens with zero attached hydrogens (tertiary/aromatic N) is 3. The third-order valence-electron chi connectivity index (χ3n) is 6.96. The number of likely N-dealkylation sites (tertiary alicyclic amines) is 1. The Hall–Kier alpha value is -2.61. The zero-order chi connectivity index (χ0) is 25.9. The molecule has 2 N–H and O–H groups in total. The molecule has 190 valence electrons. The van der Waals surface area contributed by atoms with Crippen LogP contribution < -0.4 is 5.73 Å². The molecule has 0 radical (unpaired) electrons. The highest BCUT2D eigenvalue weighted by Gasteiger charge is 2.49. The summed E-state index contributed by atoms with van der Waals surface area (Å²) in [4.78, 5) is 11.0. The zero-order valence-corrected chi connectivity index (χ0v) is 21.3. The molecule has 0 saturated carbocycles. The van der Waals surface area contributed by atoms with Crippen molar-refractivity contribution in [3.05, 3.63) is 93.2 Å². The van der Waals surface area contributed by atoms with Crippen molar-refractivity contribution in [3.63, 3.8) is 0 Å². The molecule has 1 aliphatic heterocycles. The number of benzene rings is 2. The lowest BCUT2D eigenvalue weighted by atomic mass is 9.73. The molecule has 0 bridgehead atoms. The van der Waals surface area contributed by atoms with E-state index in [-0.39, 0.29) is 5.56 Å². The Balaban J connectivity index is 1.48. The summed E-state index contributed by atoms with van der Waals surface area (Å²) in [5, 5.41) is 0.889. The number of nitrogens with two attached hydrogens (primary N) is 1. The maximum absolute atomic E-state index is 13.6. The van der Waals surface area contributed by atoms with Gasteiger partial charge in [0.25, 0.3) is 0 Å².